The molecule has 0 bridgehead atoms. The highest BCUT2D eigenvalue weighted by atomic mass is 16.3. The number of nitrogens with zero attached hydrogens (tertiary/aromatic N) is 3. The van der Waals surface area contributed by atoms with E-state index in [1.165, 1.54) is 6.42 Å². The van der Waals surface area contributed by atoms with Crippen molar-refractivity contribution in [2.75, 3.05) is 19.7 Å². The van der Waals surface area contributed by atoms with Crippen LogP contribution in [-0.2, 0) is 9.59 Å². The summed E-state index contributed by atoms with van der Waals surface area (Å²) in [6, 6.07) is 17.5. The Balaban J connectivity index is 1.34. The average Bonchev–Trinajstić information content (AvgIpc) is 2.86. The summed E-state index contributed by atoms with van der Waals surface area (Å²) in [7, 11) is 0. The number of aliphatic hydroxyl groups excluding tert-OH is 1. The van der Waals surface area contributed by atoms with Crippen LogP contribution < -0.4 is 0 Å². The van der Waals surface area contributed by atoms with Crippen molar-refractivity contribution in [3.8, 4) is 17.2 Å². The normalized spacial score (nSPS) is 25.2. The summed E-state index contributed by atoms with van der Waals surface area (Å²) >= 11 is 0. The molecule has 3 atom stereocenters. The van der Waals surface area contributed by atoms with Crippen LogP contribution in [0.15, 0.2) is 48.5 Å². The number of hydrogen-bond donors (Lipinski definition) is 1. The van der Waals surface area contributed by atoms with E-state index in [1.54, 1.807) is 21.9 Å². The van der Waals surface area contributed by atoms with Crippen LogP contribution in [-0.4, -0.2) is 58.5 Å². The molecular formula is C27H29N3O3. The van der Waals surface area contributed by atoms with Gasteiger partial charge < -0.3 is 14.9 Å². The first-order valence-corrected chi connectivity index (χ1v) is 11.9. The van der Waals surface area contributed by atoms with Crippen LogP contribution in [0.2, 0.25) is 0 Å². The minimum absolute atomic E-state index is 0.0101. The molecule has 2 aliphatic heterocycles. The van der Waals surface area contributed by atoms with E-state index in [1.807, 2.05) is 24.3 Å². The molecule has 2 amide bonds. The maximum Gasteiger partial charge on any atom is 0.242 e. The molecule has 3 fully saturated rings. The molecule has 0 aromatic heterocycles. The first kappa shape index (κ1) is 21.7. The smallest absolute Gasteiger partial charge is 0.242 e. The zero-order valence-electron chi connectivity index (χ0n) is 18.7. The third-order valence-corrected chi connectivity index (χ3v) is 7.66. The second-order valence-electron chi connectivity index (χ2n) is 9.51. The van der Waals surface area contributed by atoms with Crippen LogP contribution in [0.1, 0.15) is 49.1 Å². The Hall–Kier alpha value is -3.17. The van der Waals surface area contributed by atoms with Crippen LogP contribution in [0.4, 0.5) is 0 Å². The van der Waals surface area contributed by atoms with Crippen molar-refractivity contribution in [1.82, 2.24) is 9.80 Å². The predicted octanol–water partition coefficient (Wildman–Crippen LogP) is 3.30. The molecule has 1 aliphatic carbocycles. The topological polar surface area (TPSA) is 84.6 Å². The Labute approximate surface area is 194 Å². The van der Waals surface area contributed by atoms with Crippen molar-refractivity contribution in [3.05, 3.63) is 59.7 Å². The van der Waals surface area contributed by atoms with Gasteiger partial charge in [0.1, 0.15) is 0 Å². The molecule has 170 valence electrons. The van der Waals surface area contributed by atoms with Gasteiger partial charge in [0.15, 0.2) is 0 Å². The van der Waals surface area contributed by atoms with Crippen molar-refractivity contribution >= 4 is 11.8 Å². The van der Waals surface area contributed by atoms with E-state index in [-0.39, 0.29) is 48.9 Å². The summed E-state index contributed by atoms with van der Waals surface area (Å²) in [5.41, 5.74) is 3.79. The molecule has 0 radical (unpaired) electrons. The maximum absolute atomic E-state index is 13.1. The molecule has 33 heavy (non-hydrogen) atoms. The number of rotatable bonds is 4. The monoisotopic (exact) mass is 443 g/mol. The molecule has 1 N–H and O–H groups in total. The van der Waals surface area contributed by atoms with E-state index in [9.17, 15) is 14.7 Å². The van der Waals surface area contributed by atoms with Crippen LogP contribution in [0.25, 0.3) is 11.1 Å². The molecular weight excluding hydrogens is 414 g/mol. The fourth-order valence-electron chi connectivity index (χ4n) is 5.91. The molecule has 0 unspecified atom stereocenters. The number of nitriles is 1. The molecule has 6 nitrogen and oxygen atoms in total. The van der Waals surface area contributed by atoms with Gasteiger partial charge >= 0.3 is 0 Å². The molecule has 2 heterocycles. The van der Waals surface area contributed by atoms with Crippen LogP contribution in [0.5, 0.6) is 0 Å². The van der Waals surface area contributed by atoms with Crippen LogP contribution in [0.3, 0.4) is 0 Å². The first-order valence-electron chi connectivity index (χ1n) is 11.9. The average molecular weight is 444 g/mol. The Kier molecular flexibility index (Phi) is 5.90. The minimum Gasteiger partial charge on any atom is -0.394 e. The van der Waals surface area contributed by atoms with Gasteiger partial charge in [0.2, 0.25) is 11.8 Å². The Morgan fingerprint density at radius 2 is 1.64 bits per heavy atom. The van der Waals surface area contributed by atoms with Gasteiger partial charge in [0, 0.05) is 18.4 Å². The van der Waals surface area contributed by atoms with Crippen molar-refractivity contribution < 1.29 is 14.7 Å². The molecule has 3 aliphatic rings. The van der Waals surface area contributed by atoms with Gasteiger partial charge in [-0.2, -0.15) is 5.26 Å². The second-order valence-corrected chi connectivity index (χ2v) is 9.51. The number of hydrogen-bond acceptors (Lipinski definition) is 4. The number of carbonyl (C=O) groups is 2. The Morgan fingerprint density at radius 3 is 2.24 bits per heavy atom. The summed E-state index contributed by atoms with van der Waals surface area (Å²) in [6.07, 6.45) is 5.23. The fourth-order valence-corrected chi connectivity index (χ4v) is 5.91. The van der Waals surface area contributed by atoms with Crippen molar-refractivity contribution in [2.45, 2.75) is 50.1 Å². The zero-order valence-corrected chi connectivity index (χ0v) is 18.7. The number of piperazine rings is 1. The summed E-state index contributed by atoms with van der Waals surface area (Å²) in [6.45, 7) is 0.590. The molecule has 0 spiro atoms. The third-order valence-electron chi connectivity index (χ3n) is 7.66. The summed E-state index contributed by atoms with van der Waals surface area (Å²) in [5.74, 6) is 0.137. The zero-order chi connectivity index (χ0) is 22.9. The molecule has 5 rings (SSSR count). The summed E-state index contributed by atoms with van der Waals surface area (Å²) in [5, 5.41) is 19.0. The SMILES string of the molecule is N#Cc1ccc(-c2ccc([C@@H]3[C@H]4CN(C(=O)C5CCCCC5)CC(=O)N4[C@H]3CO)cc2)cc1. The van der Waals surface area contributed by atoms with Gasteiger partial charge in [0.05, 0.1) is 36.9 Å². The Morgan fingerprint density at radius 1 is 1.00 bits per heavy atom. The lowest BCUT2D eigenvalue weighted by atomic mass is 9.73. The standard InChI is InChI=1S/C27H29N3O3/c28-14-18-6-8-19(9-7-18)20-10-12-21(13-11-20)26-23-15-29(16-25(32)30(23)24(26)17-31)27(33)22-4-2-1-3-5-22/h6-13,22-24,26,31H,1-5,15-17H2/t23-,24+,26-/m1/s1. The highest BCUT2D eigenvalue weighted by Gasteiger charge is 2.54. The summed E-state index contributed by atoms with van der Waals surface area (Å²) < 4.78 is 0. The van der Waals surface area contributed by atoms with E-state index in [2.05, 4.69) is 18.2 Å². The number of fused-ring (bicyclic) bond motifs is 1. The van der Waals surface area contributed by atoms with Gasteiger partial charge in [0.25, 0.3) is 0 Å². The fraction of sp³-hybridized carbons (Fsp3) is 0.444. The lowest BCUT2D eigenvalue weighted by Gasteiger charge is -2.59. The maximum atomic E-state index is 13.1. The van der Waals surface area contributed by atoms with Gasteiger partial charge in [-0.15, -0.1) is 0 Å². The van der Waals surface area contributed by atoms with Crippen molar-refractivity contribution in [2.24, 2.45) is 5.92 Å². The van der Waals surface area contributed by atoms with Crippen LogP contribution in [0, 0.1) is 17.2 Å². The summed E-state index contributed by atoms with van der Waals surface area (Å²) in [4.78, 5) is 29.6. The first-order chi connectivity index (χ1) is 16.1. The molecule has 2 saturated heterocycles. The van der Waals surface area contributed by atoms with Gasteiger partial charge in [-0.25, -0.2) is 0 Å². The molecule has 2 aromatic carbocycles. The predicted molar refractivity (Wildman–Crippen MR) is 124 cm³/mol. The molecule has 2 aromatic rings. The number of amides is 2. The van der Waals surface area contributed by atoms with Gasteiger partial charge in [-0.3, -0.25) is 9.59 Å². The highest BCUT2D eigenvalue weighted by Crippen LogP contribution is 2.43. The Bertz CT molecular complexity index is 1070. The van der Waals surface area contributed by atoms with Crippen LogP contribution >= 0.6 is 0 Å². The van der Waals surface area contributed by atoms with E-state index in [0.717, 1.165) is 42.4 Å². The third kappa shape index (κ3) is 3.91. The second kappa shape index (κ2) is 8.99. The number of carbonyl (C=O) groups excluding carboxylic acids is 2. The lowest BCUT2D eigenvalue weighted by molar-refractivity contribution is -0.168. The highest BCUT2D eigenvalue weighted by molar-refractivity contribution is 5.88. The van der Waals surface area contributed by atoms with E-state index in [4.69, 9.17) is 5.26 Å². The van der Waals surface area contributed by atoms with Crippen molar-refractivity contribution in [3.63, 3.8) is 0 Å². The molecule has 6 heteroatoms. The van der Waals surface area contributed by atoms with E-state index >= 15 is 0 Å². The quantitative estimate of drug-likeness (QED) is 0.786. The molecule has 1 saturated carbocycles. The number of aliphatic hydroxyl groups is 1. The van der Waals surface area contributed by atoms with E-state index < -0.39 is 0 Å². The largest absolute Gasteiger partial charge is 0.394 e. The van der Waals surface area contributed by atoms with Crippen molar-refractivity contribution in [1.29, 1.82) is 5.26 Å². The van der Waals surface area contributed by atoms with E-state index in [0.29, 0.717) is 12.1 Å². The number of benzene rings is 2. The lowest BCUT2D eigenvalue weighted by Crippen LogP contribution is -2.73. The van der Waals surface area contributed by atoms with Gasteiger partial charge in [-0.05, 0) is 41.7 Å². The van der Waals surface area contributed by atoms with Gasteiger partial charge in [-0.1, -0.05) is 55.7 Å². The minimum atomic E-state index is -0.241.